The summed E-state index contributed by atoms with van der Waals surface area (Å²) in [6.07, 6.45) is 3.65. The summed E-state index contributed by atoms with van der Waals surface area (Å²) in [5.41, 5.74) is 1.73. The first-order chi connectivity index (χ1) is 9.74. The minimum absolute atomic E-state index is 0.160. The van der Waals surface area contributed by atoms with Crippen LogP contribution in [-0.4, -0.2) is 36.1 Å². The third-order valence-electron chi connectivity index (χ3n) is 3.52. The molecule has 4 nitrogen and oxygen atoms in total. The number of para-hydroxylation sites is 1. The first-order valence-corrected chi connectivity index (χ1v) is 6.77. The monoisotopic (exact) mass is 272 g/mol. The predicted octanol–water partition coefficient (Wildman–Crippen LogP) is 2.25. The van der Waals surface area contributed by atoms with Gasteiger partial charge < -0.3 is 9.80 Å². The van der Waals surface area contributed by atoms with Gasteiger partial charge in [-0.25, -0.2) is 14.4 Å². The molecular formula is C15H17FN4. The SMILES string of the molecule is Cc1cnc(N2CCN(c3ccccc3F)CC2)nc1. The second kappa shape index (κ2) is 5.45. The molecule has 1 aromatic heterocycles. The number of benzene rings is 1. The molecule has 0 amide bonds. The lowest BCUT2D eigenvalue weighted by Gasteiger charge is -2.36. The quantitative estimate of drug-likeness (QED) is 0.839. The van der Waals surface area contributed by atoms with Crippen LogP contribution in [0.15, 0.2) is 36.7 Å². The fraction of sp³-hybridized carbons (Fsp3) is 0.333. The van der Waals surface area contributed by atoms with Crippen molar-refractivity contribution in [3.8, 4) is 0 Å². The maximum absolute atomic E-state index is 13.8. The van der Waals surface area contributed by atoms with E-state index in [9.17, 15) is 4.39 Å². The average Bonchev–Trinajstić information content (AvgIpc) is 2.49. The van der Waals surface area contributed by atoms with Gasteiger partial charge in [-0.1, -0.05) is 12.1 Å². The van der Waals surface area contributed by atoms with Crippen LogP contribution < -0.4 is 9.80 Å². The van der Waals surface area contributed by atoms with Crippen molar-refractivity contribution in [2.45, 2.75) is 6.92 Å². The van der Waals surface area contributed by atoms with Gasteiger partial charge in [0.2, 0.25) is 5.95 Å². The van der Waals surface area contributed by atoms with Crippen molar-refractivity contribution in [1.82, 2.24) is 9.97 Å². The molecule has 1 aliphatic rings. The summed E-state index contributed by atoms with van der Waals surface area (Å²) in [4.78, 5) is 12.9. The van der Waals surface area contributed by atoms with Crippen LogP contribution in [0.25, 0.3) is 0 Å². The molecule has 1 aromatic carbocycles. The summed E-state index contributed by atoms with van der Waals surface area (Å²) in [6, 6.07) is 6.92. The van der Waals surface area contributed by atoms with Gasteiger partial charge in [-0.15, -0.1) is 0 Å². The molecule has 0 atom stereocenters. The van der Waals surface area contributed by atoms with Crippen LogP contribution in [0.5, 0.6) is 0 Å². The number of halogens is 1. The van der Waals surface area contributed by atoms with E-state index in [2.05, 4.69) is 19.8 Å². The summed E-state index contributed by atoms with van der Waals surface area (Å²) in [6.45, 7) is 5.13. The topological polar surface area (TPSA) is 32.3 Å². The second-order valence-electron chi connectivity index (χ2n) is 4.99. The predicted molar refractivity (Wildman–Crippen MR) is 77.6 cm³/mol. The van der Waals surface area contributed by atoms with E-state index in [1.807, 2.05) is 31.5 Å². The molecule has 104 valence electrons. The van der Waals surface area contributed by atoms with Gasteiger partial charge in [0.15, 0.2) is 0 Å². The van der Waals surface area contributed by atoms with Gasteiger partial charge in [0, 0.05) is 38.6 Å². The second-order valence-corrected chi connectivity index (χ2v) is 4.99. The van der Waals surface area contributed by atoms with E-state index in [0.29, 0.717) is 5.69 Å². The van der Waals surface area contributed by atoms with Crippen LogP contribution in [-0.2, 0) is 0 Å². The standard InChI is InChI=1S/C15H17FN4/c1-12-10-17-15(18-11-12)20-8-6-19(7-9-20)14-5-3-2-4-13(14)16/h2-5,10-11H,6-9H2,1H3. The molecule has 0 unspecified atom stereocenters. The number of aromatic nitrogens is 2. The highest BCUT2D eigenvalue weighted by Gasteiger charge is 2.20. The Bertz CT molecular complexity index is 577. The number of anilines is 2. The molecule has 0 radical (unpaired) electrons. The van der Waals surface area contributed by atoms with Crippen molar-refractivity contribution in [3.63, 3.8) is 0 Å². The molecule has 2 aromatic rings. The molecule has 1 aliphatic heterocycles. The fourth-order valence-corrected chi connectivity index (χ4v) is 2.40. The van der Waals surface area contributed by atoms with E-state index in [0.717, 1.165) is 37.7 Å². The van der Waals surface area contributed by atoms with Crippen LogP contribution in [0.1, 0.15) is 5.56 Å². The molecule has 3 rings (SSSR count). The Labute approximate surface area is 117 Å². The Kier molecular flexibility index (Phi) is 3.50. The molecule has 2 heterocycles. The van der Waals surface area contributed by atoms with Gasteiger partial charge in [0.05, 0.1) is 5.69 Å². The summed E-state index contributed by atoms with van der Waals surface area (Å²) >= 11 is 0. The summed E-state index contributed by atoms with van der Waals surface area (Å²) < 4.78 is 13.8. The van der Waals surface area contributed by atoms with Gasteiger partial charge >= 0.3 is 0 Å². The smallest absolute Gasteiger partial charge is 0.225 e. The lowest BCUT2D eigenvalue weighted by Crippen LogP contribution is -2.47. The van der Waals surface area contributed by atoms with E-state index in [1.54, 1.807) is 6.07 Å². The molecule has 5 heteroatoms. The van der Waals surface area contributed by atoms with Crippen molar-refractivity contribution in [3.05, 3.63) is 48.0 Å². The van der Waals surface area contributed by atoms with Crippen LogP contribution >= 0.6 is 0 Å². The number of nitrogens with zero attached hydrogens (tertiary/aromatic N) is 4. The molecule has 0 aliphatic carbocycles. The van der Waals surface area contributed by atoms with Crippen molar-refractivity contribution >= 4 is 11.6 Å². The zero-order valence-corrected chi connectivity index (χ0v) is 11.5. The normalized spacial score (nSPS) is 15.5. The Morgan fingerprint density at radius 1 is 0.950 bits per heavy atom. The Morgan fingerprint density at radius 3 is 2.20 bits per heavy atom. The maximum Gasteiger partial charge on any atom is 0.225 e. The molecule has 0 spiro atoms. The molecule has 0 N–H and O–H groups in total. The zero-order valence-electron chi connectivity index (χ0n) is 11.5. The number of rotatable bonds is 2. The van der Waals surface area contributed by atoms with E-state index < -0.39 is 0 Å². The highest BCUT2D eigenvalue weighted by atomic mass is 19.1. The van der Waals surface area contributed by atoms with E-state index in [-0.39, 0.29) is 5.82 Å². The van der Waals surface area contributed by atoms with Crippen molar-refractivity contribution < 1.29 is 4.39 Å². The number of hydrogen-bond acceptors (Lipinski definition) is 4. The van der Waals surface area contributed by atoms with Crippen molar-refractivity contribution in [2.75, 3.05) is 36.0 Å². The van der Waals surface area contributed by atoms with E-state index >= 15 is 0 Å². The lowest BCUT2D eigenvalue weighted by molar-refractivity contribution is 0.594. The zero-order chi connectivity index (χ0) is 13.9. The van der Waals surface area contributed by atoms with Crippen LogP contribution in [0.3, 0.4) is 0 Å². The first-order valence-electron chi connectivity index (χ1n) is 6.77. The van der Waals surface area contributed by atoms with Gasteiger partial charge in [0.1, 0.15) is 5.82 Å². The molecule has 1 saturated heterocycles. The lowest BCUT2D eigenvalue weighted by atomic mass is 10.2. The Balaban J connectivity index is 1.68. The molecule has 1 fully saturated rings. The third kappa shape index (κ3) is 2.57. The molecule has 0 bridgehead atoms. The summed E-state index contributed by atoms with van der Waals surface area (Å²) in [7, 11) is 0. The van der Waals surface area contributed by atoms with Crippen LogP contribution in [0.2, 0.25) is 0 Å². The number of hydrogen-bond donors (Lipinski definition) is 0. The summed E-state index contributed by atoms with van der Waals surface area (Å²) in [5, 5.41) is 0. The minimum atomic E-state index is -0.160. The van der Waals surface area contributed by atoms with Gasteiger partial charge in [-0.3, -0.25) is 0 Å². The third-order valence-corrected chi connectivity index (χ3v) is 3.52. The first kappa shape index (κ1) is 12.8. The average molecular weight is 272 g/mol. The molecule has 20 heavy (non-hydrogen) atoms. The number of piperazine rings is 1. The highest BCUT2D eigenvalue weighted by Crippen LogP contribution is 2.21. The number of aryl methyl sites for hydroxylation is 1. The molecular weight excluding hydrogens is 255 g/mol. The van der Waals surface area contributed by atoms with Crippen LogP contribution in [0, 0.1) is 12.7 Å². The largest absolute Gasteiger partial charge is 0.366 e. The van der Waals surface area contributed by atoms with Crippen molar-refractivity contribution in [2.24, 2.45) is 0 Å². The van der Waals surface area contributed by atoms with E-state index in [4.69, 9.17) is 0 Å². The highest BCUT2D eigenvalue weighted by molar-refractivity contribution is 5.49. The van der Waals surface area contributed by atoms with Crippen molar-refractivity contribution in [1.29, 1.82) is 0 Å². The Morgan fingerprint density at radius 2 is 1.55 bits per heavy atom. The van der Waals surface area contributed by atoms with Crippen LogP contribution in [0.4, 0.5) is 16.0 Å². The van der Waals surface area contributed by atoms with E-state index in [1.165, 1.54) is 6.07 Å². The van der Waals surface area contributed by atoms with Gasteiger partial charge in [-0.2, -0.15) is 0 Å². The van der Waals surface area contributed by atoms with Gasteiger partial charge in [-0.05, 0) is 24.6 Å². The van der Waals surface area contributed by atoms with Gasteiger partial charge in [0.25, 0.3) is 0 Å². The molecule has 0 saturated carbocycles. The summed E-state index contributed by atoms with van der Waals surface area (Å²) in [5.74, 6) is 0.594. The Hall–Kier alpha value is -2.17. The maximum atomic E-state index is 13.8. The minimum Gasteiger partial charge on any atom is -0.366 e. The fourth-order valence-electron chi connectivity index (χ4n) is 2.40.